The van der Waals surface area contributed by atoms with Gasteiger partial charge in [0.25, 0.3) is 0 Å². The highest BCUT2D eigenvalue weighted by Gasteiger charge is 1.98. The van der Waals surface area contributed by atoms with Gasteiger partial charge in [-0.05, 0) is 24.1 Å². The smallest absolute Gasteiger partial charge is 0.317 e. The quantitative estimate of drug-likeness (QED) is 0.575. The first-order chi connectivity index (χ1) is 8.76. The fraction of sp³-hybridized carbons (Fsp3) is 0.357. The Balaban J connectivity index is 2.26. The molecule has 0 aliphatic carbocycles. The molecule has 0 aromatic heterocycles. The van der Waals surface area contributed by atoms with E-state index in [9.17, 15) is 4.79 Å². The Morgan fingerprint density at radius 1 is 1.33 bits per heavy atom. The number of aryl methyl sites for hydroxylation is 1. The molecule has 98 valence electrons. The predicted molar refractivity (Wildman–Crippen MR) is 72.7 cm³/mol. The van der Waals surface area contributed by atoms with Crippen LogP contribution in [-0.2, 0) is 6.42 Å². The lowest BCUT2D eigenvalue weighted by atomic mass is 10.1. The van der Waals surface area contributed by atoms with E-state index in [-0.39, 0.29) is 12.8 Å². The highest BCUT2D eigenvalue weighted by atomic mass is 16.5. The number of carbonyl (C=O) groups excluding carboxylic acids is 1. The summed E-state index contributed by atoms with van der Waals surface area (Å²) in [5, 5.41) is 5.18. The van der Waals surface area contributed by atoms with Crippen LogP contribution in [0.1, 0.15) is 18.9 Å². The fourth-order valence-electron chi connectivity index (χ4n) is 1.45. The van der Waals surface area contributed by atoms with Crippen molar-refractivity contribution in [1.82, 2.24) is 10.6 Å². The minimum Gasteiger partial charge on any atom is -0.473 e. The summed E-state index contributed by atoms with van der Waals surface area (Å²) in [4.78, 5) is 11.2. The Labute approximate surface area is 108 Å². The van der Waals surface area contributed by atoms with Crippen LogP contribution in [0.5, 0.6) is 5.75 Å². The van der Waals surface area contributed by atoms with E-state index in [1.165, 1.54) is 5.56 Å². The molecule has 0 radical (unpaired) electrons. The minimum atomic E-state index is -0.266. The minimum absolute atomic E-state index is 0.149. The molecule has 1 aromatic carbocycles. The zero-order valence-corrected chi connectivity index (χ0v) is 10.7. The summed E-state index contributed by atoms with van der Waals surface area (Å²) in [5.74, 6) is 0.749. The molecule has 0 heterocycles. The van der Waals surface area contributed by atoms with Crippen molar-refractivity contribution >= 4 is 6.03 Å². The van der Waals surface area contributed by atoms with Crippen LogP contribution in [0.4, 0.5) is 4.79 Å². The largest absolute Gasteiger partial charge is 0.473 e. The average Bonchev–Trinajstić information content (AvgIpc) is 2.39. The molecule has 0 saturated heterocycles. The molecular weight excluding hydrogens is 228 g/mol. The lowest BCUT2D eigenvalue weighted by Crippen LogP contribution is -2.37. The molecular formula is C14H20N2O2. The van der Waals surface area contributed by atoms with Crippen LogP contribution >= 0.6 is 0 Å². The molecule has 1 rings (SSSR count). The number of amides is 2. The van der Waals surface area contributed by atoms with Crippen molar-refractivity contribution in [2.75, 3.05) is 13.3 Å². The van der Waals surface area contributed by atoms with Crippen LogP contribution in [-0.4, -0.2) is 19.3 Å². The van der Waals surface area contributed by atoms with E-state index in [1.807, 2.05) is 24.3 Å². The topological polar surface area (TPSA) is 50.4 Å². The Morgan fingerprint density at radius 2 is 2.06 bits per heavy atom. The molecule has 0 bridgehead atoms. The zero-order chi connectivity index (χ0) is 13.2. The Kier molecular flexibility index (Phi) is 6.40. The number of hydrogen-bond acceptors (Lipinski definition) is 2. The second-order valence-corrected chi connectivity index (χ2v) is 3.86. The summed E-state index contributed by atoms with van der Waals surface area (Å²) in [7, 11) is 0. The molecule has 0 atom stereocenters. The fourth-order valence-corrected chi connectivity index (χ4v) is 1.45. The molecule has 4 heteroatoms. The van der Waals surface area contributed by atoms with Crippen molar-refractivity contribution in [3.63, 3.8) is 0 Å². The summed E-state index contributed by atoms with van der Waals surface area (Å²) >= 11 is 0. The summed E-state index contributed by atoms with van der Waals surface area (Å²) in [6, 6.07) is 7.63. The SMILES string of the molecule is C=CCNC(=O)NCOc1ccc(CCC)cc1. The summed E-state index contributed by atoms with van der Waals surface area (Å²) < 4.78 is 5.39. The maximum atomic E-state index is 11.2. The molecule has 0 aliphatic rings. The van der Waals surface area contributed by atoms with E-state index in [4.69, 9.17) is 4.74 Å². The summed E-state index contributed by atoms with van der Waals surface area (Å²) in [6.07, 6.45) is 3.82. The van der Waals surface area contributed by atoms with Gasteiger partial charge in [-0.15, -0.1) is 6.58 Å². The Bertz CT molecular complexity index is 374. The van der Waals surface area contributed by atoms with Gasteiger partial charge in [-0.3, -0.25) is 0 Å². The van der Waals surface area contributed by atoms with E-state index < -0.39 is 0 Å². The molecule has 0 spiro atoms. The number of benzene rings is 1. The standard InChI is InChI=1S/C14H20N2O2/c1-3-5-12-6-8-13(9-7-12)18-11-16-14(17)15-10-4-2/h4,6-9H,2-3,5,10-11H2,1H3,(H2,15,16,17). The maximum absolute atomic E-state index is 11.2. The van der Waals surface area contributed by atoms with Crippen LogP contribution in [0, 0.1) is 0 Å². The molecule has 4 nitrogen and oxygen atoms in total. The van der Waals surface area contributed by atoms with Gasteiger partial charge in [-0.1, -0.05) is 31.6 Å². The van der Waals surface area contributed by atoms with Crippen LogP contribution in [0.3, 0.4) is 0 Å². The van der Waals surface area contributed by atoms with Crippen LogP contribution in [0.15, 0.2) is 36.9 Å². The van der Waals surface area contributed by atoms with Crippen molar-refractivity contribution < 1.29 is 9.53 Å². The monoisotopic (exact) mass is 248 g/mol. The van der Waals surface area contributed by atoms with Gasteiger partial charge in [0.1, 0.15) is 5.75 Å². The van der Waals surface area contributed by atoms with Crippen molar-refractivity contribution in [2.45, 2.75) is 19.8 Å². The third-order valence-corrected chi connectivity index (χ3v) is 2.34. The number of rotatable bonds is 7. The Hall–Kier alpha value is -1.97. The highest BCUT2D eigenvalue weighted by Crippen LogP contribution is 2.12. The van der Waals surface area contributed by atoms with Crippen LogP contribution in [0.25, 0.3) is 0 Å². The average molecular weight is 248 g/mol. The van der Waals surface area contributed by atoms with Gasteiger partial charge < -0.3 is 15.4 Å². The first-order valence-corrected chi connectivity index (χ1v) is 6.10. The van der Waals surface area contributed by atoms with Gasteiger partial charge in [-0.2, -0.15) is 0 Å². The zero-order valence-electron chi connectivity index (χ0n) is 10.7. The van der Waals surface area contributed by atoms with Gasteiger partial charge in [0.2, 0.25) is 0 Å². The molecule has 1 aromatic rings. The van der Waals surface area contributed by atoms with Gasteiger partial charge >= 0.3 is 6.03 Å². The molecule has 0 saturated carbocycles. The van der Waals surface area contributed by atoms with Crippen molar-refractivity contribution in [1.29, 1.82) is 0 Å². The van der Waals surface area contributed by atoms with Gasteiger partial charge in [0, 0.05) is 6.54 Å². The number of carbonyl (C=O) groups is 1. The maximum Gasteiger partial charge on any atom is 0.317 e. The second kappa shape index (κ2) is 8.17. The van der Waals surface area contributed by atoms with E-state index in [0.29, 0.717) is 6.54 Å². The first-order valence-electron chi connectivity index (χ1n) is 6.10. The molecule has 2 amide bonds. The highest BCUT2D eigenvalue weighted by molar-refractivity contribution is 5.73. The number of ether oxygens (including phenoxy) is 1. The van der Waals surface area contributed by atoms with E-state index >= 15 is 0 Å². The molecule has 0 unspecified atom stereocenters. The van der Waals surface area contributed by atoms with Gasteiger partial charge in [0.15, 0.2) is 6.73 Å². The first kappa shape index (κ1) is 14.1. The number of nitrogens with one attached hydrogen (secondary N) is 2. The van der Waals surface area contributed by atoms with E-state index in [1.54, 1.807) is 6.08 Å². The van der Waals surface area contributed by atoms with Crippen LogP contribution in [0.2, 0.25) is 0 Å². The Morgan fingerprint density at radius 3 is 2.67 bits per heavy atom. The lowest BCUT2D eigenvalue weighted by molar-refractivity contribution is 0.225. The van der Waals surface area contributed by atoms with E-state index in [0.717, 1.165) is 18.6 Å². The number of urea groups is 1. The predicted octanol–water partition coefficient (Wildman–Crippen LogP) is 2.46. The van der Waals surface area contributed by atoms with Crippen molar-refractivity contribution in [3.05, 3.63) is 42.5 Å². The summed E-state index contributed by atoms with van der Waals surface area (Å²) in [6.45, 7) is 6.25. The second-order valence-electron chi connectivity index (χ2n) is 3.86. The van der Waals surface area contributed by atoms with Crippen molar-refractivity contribution in [3.8, 4) is 5.75 Å². The third kappa shape index (κ3) is 5.39. The molecule has 0 aliphatic heterocycles. The molecule has 2 N–H and O–H groups in total. The van der Waals surface area contributed by atoms with Crippen molar-refractivity contribution in [2.24, 2.45) is 0 Å². The van der Waals surface area contributed by atoms with Crippen LogP contribution < -0.4 is 15.4 Å². The number of hydrogen-bond donors (Lipinski definition) is 2. The normalized spacial score (nSPS) is 9.61. The van der Waals surface area contributed by atoms with Gasteiger partial charge in [-0.25, -0.2) is 4.79 Å². The van der Waals surface area contributed by atoms with Gasteiger partial charge in [0.05, 0.1) is 0 Å². The third-order valence-electron chi connectivity index (χ3n) is 2.34. The van der Waals surface area contributed by atoms with E-state index in [2.05, 4.69) is 24.1 Å². The lowest BCUT2D eigenvalue weighted by Gasteiger charge is -2.08. The molecule has 18 heavy (non-hydrogen) atoms. The molecule has 0 fully saturated rings. The summed E-state index contributed by atoms with van der Waals surface area (Å²) in [5.41, 5.74) is 1.29.